The highest BCUT2D eigenvalue weighted by Gasteiger charge is 2.39. The molecule has 1 saturated carbocycles. The van der Waals surface area contributed by atoms with Crippen LogP contribution in [0.25, 0.3) is 11.1 Å². The largest absolute Gasteiger partial charge is 0.496 e. The summed E-state index contributed by atoms with van der Waals surface area (Å²) in [6, 6.07) is 12.5. The molecule has 4 rings (SSSR count). The smallest absolute Gasteiger partial charge is 0.326 e. The van der Waals surface area contributed by atoms with Crippen molar-refractivity contribution in [2.45, 2.75) is 69.9 Å². The van der Waals surface area contributed by atoms with Gasteiger partial charge in [0.15, 0.2) is 0 Å². The van der Waals surface area contributed by atoms with E-state index >= 15 is 0 Å². The highest BCUT2D eigenvalue weighted by molar-refractivity contribution is 5.89. The second-order valence-corrected chi connectivity index (χ2v) is 10.1. The SMILES string of the molecule is COc1cccc(OCC2CCCCC2)c1-c1ccc(C[C@H](NC(=O)C2(C)CCCO2)C(=O)O)cc1. The molecule has 0 spiro atoms. The van der Waals surface area contributed by atoms with Crippen LogP contribution in [0.15, 0.2) is 42.5 Å². The summed E-state index contributed by atoms with van der Waals surface area (Å²) in [6.45, 7) is 2.92. The molecule has 0 radical (unpaired) electrons. The molecule has 7 heteroatoms. The van der Waals surface area contributed by atoms with Gasteiger partial charge >= 0.3 is 5.97 Å². The van der Waals surface area contributed by atoms with Gasteiger partial charge in [-0.15, -0.1) is 0 Å². The van der Waals surface area contributed by atoms with Crippen molar-refractivity contribution in [2.75, 3.05) is 20.3 Å². The third-order valence-corrected chi connectivity index (χ3v) is 7.39. The minimum absolute atomic E-state index is 0.175. The second-order valence-electron chi connectivity index (χ2n) is 10.1. The molecular formula is C29H37NO6. The molecule has 0 aromatic heterocycles. The molecule has 36 heavy (non-hydrogen) atoms. The van der Waals surface area contributed by atoms with Crippen LogP contribution in [-0.4, -0.2) is 48.9 Å². The maximum Gasteiger partial charge on any atom is 0.326 e. The first kappa shape index (κ1) is 26.0. The van der Waals surface area contributed by atoms with E-state index in [4.69, 9.17) is 14.2 Å². The van der Waals surface area contributed by atoms with Crippen LogP contribution < -0.4 is 14.8 Å². The van der Waals surface area contributed by atoms with Gasteiger partial charge in [0, 0.05) is 13.0 Å². The van der Waals surface area contributed by atoms with Crippen LogP contribution >= 0.6 is 0 Å². The molecule has 2 aromatic rings. The van der Waals surface area contributed by atoms with Crippen LogP contribution in [0, 0.1) is 5.92 Å². The average Bonchev–Trinajstić information content (AvgIpc) is 3.35. The van der Waals surface area contributed by atoms with E-state index in [9.17, 15) is 14.7 Å². The van der Waals surface area contributed by atoms with Gasteiger partial charge in [0.25, 0.3) is 5.91 Å². The topological polar surface area (TPSA) is 94.1 Å². The number of carboxylic acids is 1. The molecule has 2 fully saturated rings. The number of ether oxygens (including phenoxy) is 3. The molecule has 2 atom stereocenters. The summed E-state index contributed by atoms with van der Waals surface area (Å²) in [6.07, 6.45) is 7.82. The summed E-state index contributed by atoms with van der Waals surface area (Å²) >= 11 is 0. The number of methoxy groups -OCH3 is 1. The predicted molar refractivity (Wildman–Crippen MR) is 137 cm³/mol. The van der Waals surface area contributed by atoms with E-state index in [2.05, 4.69) is 5.32 Å². The molecular weight excluding hydrogens is 458 g/mol. The highest BCUT2D eigenvalue weighted by atomic mass is 16.5. The Labute approximate surface area is 213 Å². The zero-order chi connectivity index (χ0) is 25.5. The van der Waals surface area contributed by atoms with E-state index in [1.165, 1.54) is 32.1 Å². The fourth-order valence-corrected chi connectivity index (χ4v) is 5.16. The van der Waals surface area contributed by atoms with E-state index < -0.39 is 17.6 Å². The lowest BCUT2D eigenvalue weighted by atomic mass is 9.90. The first-order valence-electron chi connectivity index (χ1n) is 13.0. The molecule has 2 aromatic carbocycles. The Morgan fingerprint density at radius 2 is 1.81 bits per heavy atom. The first-order chi connectivity index (χ1) is 17.4. The number of carbonyl (C=O) groups is 2. The normalized spacial score (nSPS) is 21.1. The van der Waals surface area contributed by atoms with Crippen molar-refractivity contribution in [3.8, 4) is 22.6 Å². The number of benzene rings is 2. The summed E-state index contributed by atoms with van der Waals surface area (Å²) in [4.78, 5) is 24.6. The third kappa shape index (κ3) is 6.19. The summed E-state index contributed by atoms with van der Waals surface area (Å²) in [5.74, 6) is 0.646. The van der Waals surface area contributed by atoms with E-state index in [1.807, 2.05) is 42.5 Å². The number of carbonyl (C=O) groups excluding carboxylic acids is 1. The molecule has 1 heterocycles. The Bertz CT molecular complexity index is 1040. The van der Waals surface area contributed by atoms with Crippen molar-refractivity contribution >= 4 is 11.9 Å². The first-order valence-corrected chi connectivity index (χ1v) is 13.0. The maximum absolute atomic E-state index is 12.7. The van der Waals surface area contributed by atoms with Crippen LogP contribution in [0.2, 0.25) is 0 Å². The number of aliphatic carboxylic acids is 1. The minimum atomic E-state index is -1.07. The molecule has 1 saturated heterocycles. The molecule has 2 N–H and O–H groups in total. The van der Waals surface area contributed by atoms with Crippen molar-refractivity contribution in [3.63, 3.8) is 0 Å². The van der Waals surface area contributed by atoms with Gasteiger partial charge in [-0.25, -0.2) is 4.79 Å². The molecule has 1 aliphatic heterocycles. The highest BCUT2D eigenvalue weighted by Crippen LogP contribution is 2.39. The predicted octanol–water partition coefficient (Wildman–Crippen LogP) is 5.00. The Morgan fingerprint density at radius 3 is 2.44 bits per heavy atom. The van der Waals surface area contributed by atoms with Gasteiger partial charge in [-0.1, -0.05) is 49.6 Å². The summed E-state index contributed by atoms with van der Waals surface area (Å²) in [7, 11) is 1.65. The molecule has 194 valence electrons. The number of rotatable bonds is 10. The Morgan fingerprint density at radius 1 is 1.08 bits per heavy atom. The number of carboxylic acid groups (broad SMARTS) is 1. The second kappa shape index (κ2) is 11.8. The molecule has 2 aliphatic rings. The molecule has 1 aliphatic carbocycles. The van der Waals surface area contributed by atoms with Crippen molar-refractivity contribution in [1.82, 2.24) is 5.32 Å². The van der Waals surface area contributed by atoms with Gasteiger partial charge in [0.05, 0.1) is 19.3 Å². The Balaban J connectivity index is 1.48. The van der Waals surface area contributed by atoms with E-state index in [1.54, 1.807) is 14.0 Å². The van der Waals surface area contributed by atoms with Crippen LogP contribution in [0.5, 0.6) is 11.5 Å². The Hall–Kier alpha value is -3.06. The van der Waals surface area contributed by atoms with E-state index in [0.717, 1.165) is 34.6 Å². The zero-order valence-corrected chi connectivity index (χ0v) is 21.3. The number of hydrogen-bond acceptors (Lipinski definition) is 5. The van der Waals surface area contributed by atoms with Crippen LogP contribution in [0.4, 0.5) is 0 Å². The molecule has 1 amide bonds. The van der Waals surface area contributed by atoms with Crippen molar-refractivity contribution < 1.29 is 28.9 Å². The lowest BCUT2D eigenvalue weighted by Crippen LogP contribution is -2.51. The Kier molecular flexibility index (Phi) is 8.52. The van der Waals surface area contributed by atoms with Gasteiger partial charge < -0.3 is 24.6 Å². The average molecular weight is 496 g/mol. The number of hydrogen-bond donors (Lipinski definition) is 2. The van der Waals surface area contributed by atoms with Gasteiger partial charge in [0.1, 0.15) is 23.1 Å². The van der Waals surface area contributed by atoms with Crippen molar-refractivity contribution in [3.05, 3.63) is 48.0 Å². The zero-order valence-electron chi connectivity index (χ0n) is 21.3. The quantitative estimate of drug-likeness (QED) is 0.482. The van der Waals surface area contributed by atoms with E-state index in [0.29, 0.717) is 25.6 Å². The molecule has 0 bridgehead atoms. The fourth-order valence-electron chi connectivity index (χ4n) is 5.16. The third-order valence-electron chi connectivity index (χ3n) is 7.39. The van der Waals surface area contributed by atoms with Crippen LogP contribution in [-0.2, 0) is 20.7 Å². The number of amides is 1. The van der Waals surface area contributed by atoms with E-state index in [-0.39, 0.29) is 12.3 Å². The minimum Gasteiger partial charge on any atom is -0.496 e. The molecule has 1 unspecified atom stereocenters. The summed E-state index contributed by atoms with van der Waals surface area (Å²) in [5.41, 5.74) is 1.66. The fraction of sp³-hybridized carbons (Fsp3) is 0.517. The van der Waals surface area contributed by atoms with Crippen molar-refractivity contribution in [2.24, 2.45) is 5.92 Å². The van der Waals surface area contributed by atoms with Gasteiger partial charge in [-0.05, 0) is 61.8 Å². The summed E-state index contributed by atoms with van der Waals surface area (Å²) in [5, 5.41) is 12.4. The number of nitrogens with one attached hydrogen (secondary N) is 1. The van der Waals surface area contributed by atoms with Gasteiger partial charge in [0.2, 0.25) is 0 Å². The maximum atomic E-state index is 12.7. The lowest BCUT2D eigenvalue weighted by molar-refractivity contribution is -0.147. The standard InChI is InChI=1S/C29H37NO6/c1-29(16-7-17-36-29)28(33)30-23(27(31)32)18-20-12-14-22(15-13-20)26-24(34-2)10-6-11-25(26)35-19-21-8-4-3-5-9-21/h6,10-15,21,23H,3-5,7-9,16-19H2,1-2H3,(H,30,33)(H,31,32)/t23-,29?/m0/s1. The van der Waals surface area contributed by atoms with Crippen LogP contribution in [0.3, 0.4) is 0 Å². The molecule has 7 nitrogen and oxygen atoms in total. The lowest BCUT2D eigenvalue weighted by Gasteiger charge is -2.25. The van der Waals surface area contributed by atoms with Crippen LogP contribution in [0.1, 0.15) is 57.4 Å². The van der Waals surface area contributed by atoms with Gasteiger partial charge in [-0.3, -0.25) is 4.79 Å². The summed E-state index contributed by atoms with van der Waals surface area (Å²) < 4.78 is 17.5. The van der Waals surface area contributed by atoms with Gasteiger partial charge in [-0.2, -0.15) is 0 Å². The van der Waals surface area contributed by atoms with Crippen molar-refractivity contribution in [1.29, 1.82) is 0 Å². The monoisotopic (exact) mass is 495 g/mol.